The van der Waals surface area contributed by atoms with Crippen LogP contribution in [0.2, 0.25) is 0 Å². The van der Waals surface area contributed by atoms with Crippen LogP contribution in [0.15, 0.2) is 0 Å². The van der Waals surface area contributed by atoms with Gasteiger partial charge < -0.3 is 10.4 Å². The maximum absolute atomic E-state index is 11.3. The minimum Gasteiger partial charge on any atom is -0.396 e. The highest BCUT2D eigenvalue weighted by Gasteiger charge is 2.04. The fraction of sp³-hybridized carbons (Fsp3) is 0.909. The summed E-state index contributed by atoms with van der Waals surface area (Å²) in [5.41, 5.74) is 0. The molecule has 0 aliphatic carbocycles. The van der Waals surface area contributed by atoms with E-state index in [0.29, 0.717) is 18.2 Å². The van der Waals surface area contributed by atoms with Gasteiger partial charge in [0.05, 0.1) is 5.75 Å². The van der Waals surface area contributed by atoms with Crippen molar-refractivity contribution < 1.29 is 9.90 Å². The van der Waals surface area contributed by atoms with E-state index in [2.05, 4.69) is 19.2 Å². The van der Waals surface area contributed by atoms with E-state index in [1.54, 1.807) is 11.8 Å². The monoisotopic (exact) mass is 233 g/mol. The zero-order chi connectivity index (χ0) is 11.7. The minimum atomic E-state index is 0.0732. The van der Waals surface area contributed by atoms with E-state index in [4.69, 9.17) is 5.11 Å². The number of amides is 1. The van der Waals surface area contributed by atoms with Crippen molar-refractivity contribution in [3.8, 4) is 0 Å². The molecule has 0 radical (unpaired) electrons. The standard InChI is InChI=1S/C11H23NO2S/c1-9(2)4-5-15-8-11(14)12-6-10(3)7-13/h9-10,13H,4-8H2,1-3H3,(H,12,14). The summed E-state index contributed by atoms with van der Waals surface area (Å²) in [6.07, 6.45) is 1.16. The Bertz CT molecular complexity index is 174. The highest BCUT2D eigenvalue weighted by Crippen LogP contribution is 2.08. The van der Waals surface area contributed by atoms with Crippen molar-refractivity contribution >= 4 is 17.7 Å². The number of carbonyl (C=O) groups excluding carboxylic acids is 1. The first-order chi connectivity index (χ1) is 7.06. The first-order valence-electron chi connectivity index (χ1n) is 5.51. The molecule has 1 amide bonds. The third-order valence-corrected chi connectivity index (χ3v) is 3.02. The molecule has 0 heterocycles. The number of thioether (sulfide) groups is 1. The van der Waals surface area contributed by atoms with Gasteiger partial charge in [-0.3, -0.25) is 4.79 Å². The Morgan fingerprint density at radius 1 is 1.40 bits per heavy atom. The van der Waals surface area contributed by atoms with Gasteiger partial charge in [-0.05, 0) is 24.0 Å². The molecule has 3 nitrogen and oxygen atoms in total. The minimum absolute atomic E-state index is 0.0732. The van der Waals surface area contributed by atoms with Gasteiger partial charge in [0.1, 0.15) is 0 Å². The summed E-state index contributed by atoms with van der Waals surface area (Å²) in [7, 11) is 0. The van der Waals surface area contributed by atoms with Crippen LogP contribution in [0.3, 0.4) is 0 Å². The number of nitrogens with one attached hydrogen (secondary N) is 1. The van der Waals surface area contributed by atoms with E-state index in [9.17, 15) is 4.79 Å². The zero-order valence-corrected chi connectivity index (χ0v) is 10.8. The molecule has 1 atom stereocenters. The maximum atomic E-state index is 11.3. The topological polar surface area (TPSA) is 49.3 Å². The molecular formula is C11H23NO2S. The predicted octanol–water partition coefficient (Wildman–Crippen LogP) is 1.51. The second-order valence-electron chi connectivity index (χ2n) is 4.33. The Kier molecular flexibility index (Phi) is 8.91. The largest absolute Gasteiger partial charge is 0.396 e. The summed E-state index contributed by atoms with van der Waals surface area (Å²) in [5.74, 6) is 2.50. The SMILES string of the molecule is CC(C)CCSCC(=O)NCC(C)CO. The average Bonchev–Trinajstić information content (AvgIpc) is 2.20. The van der Waals surface area contributed by atoms with Gasteiger partial charge in [-0.2, -0.15) is 11.8 Å². The van der Waals surface area contributed by atoms with E-state index in [0.717, 1.165) is 12.2 Å². The Balaban J connectivity index is 3.34. The molecule has 0 bridgehead atoms. The molecule has 90 valence electrons. The smallest absolute Gasteiger partial charge is 0.230 e. The van der Waals surface area contributed by atoms with Crippen LogP contribution in [0.25, 0.3) is 0 Å². The quantitative estimate of drug-likeness (QED) is 0.625. The number of hydrogen-bond donors (Lipinski definition) is 2. The van der Waals surface area contributed by atoms with Gasteiger partial charge in [-0.1, -0.05) is 20.8 Å². The van der Waals surface area contributed by atoms with Crippen LogP contribution < -0.4 is 5.32 Å². The van der Waals surface area contributed by atoms with Crippen LogP contribution in [0.4, 0.5) is 0 Å². The molecule has 0 aromatic rings. The lowest BCUT2D eigenvalue weighted by Gasteiger charge is -2.09. The van der Waals surface area contributed by atoms with E-state index < -0.39 is 0 Å². The van der Waals surface area contributed by atoms with Crippen LogP contribution in [0.1, 0.15) is 27.2 Å². The van der Waals surface area contributed by atoms with Crippen molar-refractivity contribution in [1.82, 2.24) is 5.32 Å². The van der Waals surface area contributed by atoms with Gasteiger partial charge >= 0.3 is 0 Å². The number of aliphatic hydroxyl groups excluding tert-OH is 1. The first-order valence-corrected chi connectivity index (χ1v) is 6.67. The van der Waals surface area contributed by atoms with Gasteiger partial charge in [0, 0.05) is 13.2 Å². The molecule has 0 saturated carbocycles. The molecule has 0 fully saturated rings. The van der Waals surface area contributed by atoms with E-state index in [1.807, 2.05) is 6.92 Å². The normalized spacial score (nSPS) is 12.9. The van der Waals surface area contributed by atoms with Gasteiger partial charge in [-0.15, -0.1) is 0 Å². The fourth-order valence-corrected chi connectivity index (χ4v) is 1.96. The van der Waals surface area contributed by atoms with Gasteiger partial charge in [-0.25, -0.2) is 0 Å². The molecule has 15 heavy (non-hydrogen) atoms. The molecule has 0 spiro atoms. The van der Waals surface area contributed by atoms with Gasteiger partial charge in [0.2, 0.25) is 5.91 Å². The molecular weight excluding hydrogens is 210 g/mol. The van der Waals surface area contributed by atoms with Crippen LogP contribution in [0, 0.1) is 11.8 Å². The molecule has 0 aliphatic heterocycles. The lowest BCUT2D eigenvalue weighted by Crippen LogP contribution is -2.30. The van der Waals surface area contributed by atoms with Crippen LogP contribution in [0.5, 0.6) is 0 Å². The Hall–Kier alpha value is -0.220. The molecule has 2 N–H and O–H groups in total. The first kappa shape index (κ1) is 14.8. The van der Waals surface area contributed by atoms with Crippen molar-refractivity contribution in [3.63, 3.8) is 0 Å². The van der Waals surface area contributed by atoms with Crippen molar-refractivity contribution in [2.75, 3.05) is 24.7 Å². The van der Waals surface area contributed by atoms with Gasteiger partial charge in [0.25, 0.3) is 0 Å². The van der Waals surface area contributed by atoms with E-state index in [-0.39, 0.29) is 18.4 Å². The van der Waals surface area contributed by atoms with Gasteiger partial charge in [0.15, 0.2) is 0 Å². The molecule has 0 aromatic carbocycles. The van der Waals surface area contributed by atoms with Crippen LogP contribution in [-0.4, -0.2) is 35.7 Å². The van der Waals surface area contributed by atoms with Crippen molar-refractivity contribution in [3.05, 3.63) is 0 Å². The lowest BCUT2D eigenvalue weighted by atomic mass is 10.2. The summed E-state index contributed by atoms with van der Waals surface area (Å²) >= 11 is 1.67. The number of rotatable bonds is 8. The van der Waals surface area contributed by atoms with Crippen molar-refractivity contribution in [2.24, 2.45) is 11.8 Å². The number of hydrogen-bond acceptors (Lipinski definition) is 3. The summed E-state index contributed by atoms with van der Waals surface area (Å²) in [4.78, 5) is 11.3. The molecule has 4 heteroatoms. The van der Waals surface area contributed by atoms with E-state index >= 15 is 0 Å². The van der Waals surface area contributed by atoms with Crippen molar-refractivity contribution in [1.29, 1.82) is 0 Å². The average molecular weight is 233 g/mol. The fourth-order valence-electron chi connectivity index (χ4n) is 0.888. The molecule has 0 rings (SSSR count). The van der Waals surface area contributed by atoms with E-state index in [1.165, 1.54) is 0 Å². The second-order valence-corrected chi connectivity index (χ2v) is 5.43. The molecule has 0 aromatic heterocycles. The Morgan fingerprint density at radius 2 is 2.07 bits per heavy atom. The highest BCUT2D eigenvalue weighted by molar-refractivity contribution is 7.99. The molecule has 1 unspecified atom stereocenters. The summed E-state index contributed by atoms with van der Waals surface area (Å²) in [6, 6.07) is 0. The molecule has 0 saturated heterocycles. The number of aliphatic hydroxyl groups is 1. The number of carbonyl (C=O) groups is 1. The second kappa shape index (κ2) is 9.04. The Labute approximate surface area is 97.0 Å². The zero-order valence-electron chi connectivity index (χ0n) is 9.95. The summed E-state index contributed by atoms with van der Waals surface area (Å²) in [6.45, 7) is 6.97. The van der Waals surface area contributed by atoms with Crippen LogP contribution in [-0.2, 0) is 4.79 Å². The summed E-state index contributed by atoms with van der Waals surface area (Å²) < 4.78 is 0. The summed E-state index contributed by atoms with van der Waals surface area (Å²) in [5, 5.41) is 11.6. The molecule has 0 aliphatic rings. The predicted molar refractivity (Wildman–Crippen MR) is 66.0 cm³/mol. The third kappa shape index (κ3) is 10.1. The maximum Gasteiger partial charge on any atom is 0.230 e. The lowest BCUT2D eigenvalue weighted by molar-refractivity contribution is -0.118. The highest BCUT2D eigenvalue weighted by atomic mass is 32.2. The van der Waals surface area contributed by atoms with Crippen LogP contribution >= 0.6 is 11.8 Å². The van der Waals surface area contributed by atoms with Crippen molar-refractivity contribution in [2.45, 2.75) is 27.2 Å². The third-order valence-electron chi connectivity index (χ3n) is 2.03. The Morgan fingerprint density at radius 3 is 2.60 bits per heavy atom.